The summed E-state index contributed by atoms with van der Waals surface area (Å²) in [4.78, 5) is 0. The molecule has 0 fully saturated rings. The van der Waals surface area contributed by atoms with E-state index in [-0.39, 0.29) is 17.6 Å². The van der Waals surface area contributed by atoms with Gasteiger partial charge in [-0.25, -0.2) is 4.39 Å². The van der Waals surface area contributed by atoms with Gasteiger partial charge in [0.25, 0.3) is 0 Å². The van der Waals surface area contributed by atoms with Crippen LogP contribution in [0.2, 0.25) is 5.02 Å². The third-order valence-electron chi connectivity index (χ3n) is 2.27. The molecule has 88 valence electrons. The molecule has 1 aliphatic rings. The summed E-state index contributed by atoms with van der Waals surface area (Å²) in [6.45, 7) is 3.72. The molecule has 0 unspecified atom stereocenters. The van der Waals surface area contributed by atoms with E-state index < -0.39 is 11.4 Å². The van der Waals surface area contributed by atoms with E-state index in [0.717, 1.165) is 0 Å². The number of hydrogen-bond acceptors (Lipinski definition) is 3. The molecular formula is C11H13ClFNO2. The summed E-state index contributed by atoms with van der Waals surface area (Å²) in [6.07, 6.45) is 0.384. The van der Waals surface area contributed by atoms with E-state index in [1.165, 1.54) is 0 Å². The monoisotopic (exact) mass is 245 g/mol. The predicted molar refractivity (Wildman–Crippen MR) is 59.5 cm³/mol. The van der Waals surface area contributed by atoms with Crippen LogP contribution in [0.5, 0.6) is 11.5 Å². The van der Waals surface area contributed by atoms with Crippen molar-refractivity contribution in [3.05, 3.63) is 22.5 Å². The van der Waals surface area contributed by atoms with Gasteiger partial charge in [-0.2, -0.15) is 0 Å². The second-order valence-corrected chi connectivity index (χ2v) is 4.94. The van der Waals surface area contributed by atoms with Crippen molar-refractivity contribution >= 4 is 11.6 Å². The van der Waals surface area contributed by atoms with Crippen molar-refractivity contribution in [2.75, 3.05) is 6.79 Å². The van der Waals surface area contributed by atoms with E-state index in [1.807, 2.05) is 13.8 Å². The van der Waals surface area contributed by atoms with Gasteiger partial charge in [-0.05, 0) is 31.9 Å². The van der Waals surface area contributed by atoms with Crippen molar-refractivity contribution in [1.29, 1.82) is 0 Å². The molecule has 2 N–H and O–H groups in total. The highest BCUT2D eigenvalue weighted by atomic mass is 35.5. The van der Waals surface area contributed by atoms with Crippen molar-refractivity contribution in [2.45, 2.75) is 25.8 Å². The minimum atomic E-state index is -0.502. The average Bonchev–Trinajstić information content (AvgIpc) is 2.59. The zero-order valence-corrected chi connectivity index (χ0v) is 9.90. The summed E-state index contributed by atoms with van der Waals surface area (Å²) in [6, 6.07) is 1.60. The van der Waals surface area contributed by atoms with Gasteiger partial charge in [0.1, 0.15) is 10.8 Å². The van der Waals surface area contributed by atoms with E-state index in [1.54, 1.807) is 6.07 Å². The van der Waals surface area contributed by atoms with Crippen LogP contribution in [0, 0.1) is 5.82 Å². The molecule has 0 aromatic heterocycles. The molecule has 0 atom stereocenters. The lowest BCUT2D eigenvalue weighted by molar-refractivity contribution is 0.174. The van der Waals surface area contributed by atoms with E-state index in [9.17, 15) is 4.39 Å². The largest absolute Gasteiger partial charge is 0.454 e. The third kappa shape index (κ3) is 2.08. The molecule has 0 spiro atoms. The molecule has 0 bridgehead atoms. The maximum Gasteiger partial charge on any atom is 0.231 e. The standard InChI is InChI=1S/C11H13ClFNO2/c1-11(2,14)4-6-3-7-10(16-5-15-7)8(12)9(6)13/h3H,4-5,14H2,1-2H3. The van der Waals surface area contributed by atoms with Crippen LogP contribution in [-0.4, -0.2) is 12.3 Å². The lowest BCUT2D eigenvalue weighted by Crippen LogP contribution is -2.34. The smallest absolute Gasteiger partial charge is 0.231 e. The Bertz CT molecular complexity index is 429. The van der Waals surface area contributed by atoms with Crippen LogP contribution in [0.1, 0.15) is 19.4 Å². The Morgan fingerprint density at radius 3 is 2.81 bits per heavy atom. The van der Waals surface area contributed by atoms with Gasteiger partial charge < -0.3 is 15.2 Å². The third-order valence-corrected chi connectivity index (χ3v) is 2.60. The zero-order chi connectivity index (χ0) is 11.9. The molecule has 0 radical (unpaired) electrons. The number of halogens is 2. The molecule has 0 aliphatic carbocycles. The SMILES string of the molecule is CC(C)(N)Cc1cc2c(c(Cl)c1F)OCO2. The number of hydrogen-bond donors (Lipinski definition) is 1. The van der Waals surface area contributed by atoms with Crippen LogP contribution in [0.4, 0.5) is 4.39 Å². The van der Waals surface area contributed by atoms with Crippen molar-refractivity contribution in [3.63, 3.8) is 0 Å². The maximum atomic E-state index is 13.9. The Morgan fingerprint density at radius 1 is 1.50 bits per heavy atom. The van der Waals surface area contributed by atoms with Crippen molar-refractivity contribution < 1.29 is 13.9 Å². The molecule has 1 aromatic rings. The predicted octanol–water partition coefficient (Wildman–Crippen LogP) is 2.49. The summed E-state index contributed by atoms with van der Waals surface area (Å²) < 4.78 is 24.1. The minimum absolute atomic E-state index is 0.0331. The highest BCUT2D eigenvalue weighted by molar-refractivity contribution is 6.32. The summed E-state index contributed by atoms with van der Waals surface area (Å²) in [7, 11) is 0. The Morgan fingerprint density at radius 2 is 2.19 bits per heavy atom. The summed E-state index contributed by atoms with van der Waals surface area (Å²) >= 11 is 5.85. The second-order valence-electron chi connectivity index (χ2n) is 4.56. The Kier molecular flexibility index (Phi) is 2.72. The Hall–Kier alpha value is -1.00. The number of fused-ring (bicyclic) bond motifs is 1. The number of ether oxygens (including phenoxy) is 2. The van der Waals surface area contributed by atoms with Gasteiger partial charge in [-0.15, -0.1) is 0 Å². The molecule has 5 heteroatoms. The fourth-order valence-electron chi connectivity index (χ4n) is 1.65. The van der Waals surface area contributed by atoms with Gasteiger partial charge >= 0.3 is 0 Å². The van der Waals surface area contributed by atoms with Crippen molar-refractivity contribution in [1.82, 2.24) is 0 Å². The molecule has 0 saturated carbocycles. The van der Waals surface area contributed by atoms with Gasteiger partial charge in [-0.3, -0.25) is 0 Å². The van der Waals surface area contributed by atoms with Crippen LogP contribution < -0.4 is 15.2 Å². The summed E-state index contributed by atoms with van der Waals surface area (Å²) in [5.74, 6) is 0.271. The Labute approximate surface area is 98.3 Å². The number of benzene rings is 1. The lowest BCUT2D eigenvalue weighted by Gasteiger charge is -2.19. The lowest BCUT2D eigenvalue weighted by atomic mass is 9.95. The second kappa shape index (κ2) is 3.79. The highest BCUT2D eigenvalue weighted by Crippen LogP contribution is 2.42. The highest BCUT2D eigenvalue weighted by Gasteiger charge is 2.25. The molecule has 1 heterocycles. The van der Waals surface area contributed by atoms with Gasteiger partial charge in [0.2, 0.25) is 6.79 Å². The fraction of sp³-hybridized carbons (Fsp3) is 0.455. The first-order chi connectivity index (χ1) is 7.38. The minimum Gasteiger partial charge on any atom is -0.454 e. The molecular weight excluding hydrogens is 233 g/mol. The van der Waals surface area contributed by atoms with Crippen LogP contribution >= 0.6 is 11.6 Å². The zero-order valence-electron chi connectivity index (χ0n) is 9.14. The van der Waals surface area contributed by atoms with E-state index in [0.29, 0.717) is 17.7 Å². The van der Waals surface area contributed by atoms with E-state index >= 15 is 0 Å². The van der Waals surface area contributed by atoms with Crippen molar-refractivity contribution in [2.24, 2.45) is 5.73 Å². The molecule has 3 nitrogen and oxygen atoms in total. The van der Waals surface area contributed by atoms with Crippen LogP contribution in [0.3, 0.4) is 0 Å². The van der Waals surface area contributed by atoms with Gasteiger partial charge in [0.05, 0.1) is 0 Å². The molecule has 1 aliphatic heterocycles. The van der Waals surface area contributed by atoms with Crippen LogP contribution in [0.25, 0.3) is 0 Å². The molecule has 0 saturated heterocycles. The van der Waals surface area contributed by atoms with Crippen LogP contribution in [0.15, 0.2) is 6.07 Å². The van der Waals surface area contributed by atoms with Gasteiger partial charge in [-0.1, -0.05) is 11.6 Å². The normalized spacial score (nSPS) is 14.3. The van der Waals surface area contributed by atoms with Gasteiger partial charge in [0, 0.05) is 5.54 Å². The first-order valence-corrected chi connectivity index (χ1v) is 5.31. The summed E-state index contributed by atoms with van der Waals surface area (Å²) in [5, 5.41) is -0.0331. The van der Waals surface area contributed by atoms with Crippen LogP contribution in [-0.2, 0) is 6.42 Å². The quantitative estimate of drug-likeness (QED) is 0.871. The number of rotatable bonds is 2. The van der Waals surface area contributed by atoms with Gasteiger partial charge in [0.15, 0.2) is 11.5 Å². The summed E-state index contributed by atoms with van der Waals surface area (Å²) in [5.41, 5.74) is 5.79. The maximum absolute atomic E-state index is 13.9. The first-order valence-electron chi connectivity index (χ1n) is 4.94. The first kappa shape index (κ1) is 11.5. The number of nitrogens with two attached hydrogens (primary N) is 1. The van der Waals surface area contributed by atoms with Crippen molar-refractivity contribution in [3.8, 4) is 11.5 Å². The molecule has 2 rings (SSSR count). The van der Waals surface area contributed by atoms with E-state index in [4.69, 9.17) is 26.8 Å². The topological polar surface area (TPSA) is 44.5 Å². The fourth-order valence-corrected chi connectivity index (χ4v) is 1.92. The Balaban J connectivity index is 2.44. The molecule has 0 amide bonds. The van der Waals surface area contributed by atoms with E-state index in [2.05, 4.69) is 0 Å². The average molecular weight is 246 g/mol. The molecule has 16 heavy (non-hydrogen) atoms. The molecule has 1 aromatic carbocycles.